The summed E-state index contributed by atoms with van der Waals surface area (Å²) in [6, 6.07) is 2.83. The van der Waals surface area contributed by atoms with Gasteiger partial charge in [0.2, 0.25) is 0 Å². The monoisotopic (exact) mass is 293 g/mol. The fourth-order valence-corrected chi connectivity index (χ4v) is 4.08. The van der Waals surface area contributed by atoms with Crippen LogP contribution in [0.4, 0.5) is 0 Å². The fraction of sp³-hybridized carbons (Fsp3) is 0.733. The molecule has 2 atom stereocenters. The van der Waals surface area contributed by atoms with Gasteiger partial charge in [-0.25, -0.2) is 4.98 Å². The molecule has 1 aromatic rings. The molecule has 0 spiro atoms. The van der Waals surface area contributed by atoms with Crippen molar-refractivity contribution in [3.8, 4) is 6.07 Å². The van der Waals surface area contributed by atoms with E-state index in [1.165, 1.54) is 0 Å². The number of aromatic nitrogens is 1. The summed E-state index contributed by atoms with van der Waals surface area (Å²) in [4.78, 5) is 4.43. The average molecular weight is 293 g/mol. The number of nitrogens with zero attached hydrogens (tertiary/aromatic N) is 2. The molecule has 5 heteroatoms. The molecule has 0 amide bonds. The molecule has 0 radical (unpaired) electrons. The fourth-order valence-electron chi connectivity index (χ4n) is 2.78. The first-order valence-electron chi connectivity index (χ1n) is 7.24. The largest absolute Gasteiger partial charge is 0.437 e. The second-order valence-electron chi connectivity index (χ2n) is 5.95. The van der Waals surface area contributed by atoms with E-state index in [1.54, 1.807) is 11.8 Å². The standard InChI is InChI=1S/C15H23N3OS/c1-10(2)18-15(9-16)7-5-6-13(8-15)20-14-17-11(3)12(4)19-14/h10,13,18H,5-8H2,1-4H3. The van der Waals surface area contributed by atoms with Crippen molar-refractivity contribution in [3.63, 3.8) is 0 Å². The van der Waals surface area contributed by atoms with Gasteiger partial charge in [0.05, 0.1) is 11.8 Å². The number of hydrogen-bond donors (Lipinski definition) is 1. The van der Waals surface area contributed by atoms with Gasteiger partial charge in [0, 0.05) is 11.3 Å². The van der Waals surface area contributed by atoms with E-state index in [2.05, 4.69) is 30.2 Å². The van der Waals surface area contributed by atoms with E-state index in [9.17, 15) is 5.26 Å². The molecule has 20 heavy (non-hydrogen) atoms. The Labute approximate surface area is 125 Å². The molecule has 1 aliphatic rings. The third-order valence-corrected chi connectivity index (χ3v) is 4.87. The number of nitrogens with one attached hydrogen (secondary N) is 1. The summed E-state index contributed by atoms with van der Waals surface area (Å²) in [6.07, 6.45) is 3.98. The summed E-state index contributed by atoms with van der Waals surface area (Å²) in [5, 5.41) is 14.1. The lowest BCUT2D eigenvalue weighted by Crippen LogP contribution is -2.51. The molecule has 2 rings (SSSR count). The Morgan fingerprint density at radius 1 is 1.50 bits per heavy atom. The number of rotatable bonds is 4. The first-order chi connectivity index (χ1) is 9.44. The van der Waals surface area contributed by atoms with Gasteiger partial charge in [0.1, 0.15) is 11.3 Å². The van der Waals surface area contributed by atoms with Crippen LogP contribution in [0.15, 0.2) is 9.64 Å². The number of oxazole rings is 1. The summed E-state index contributed by atoms with van der Waals surface area (Å²) in [6.45, 7) is 8.09. The van der Waals surface area contributed by atoms with Crippen molar-refractivity contribution in [2.75, 3.05) is 0 Å². The summed E-state index contributed by atoms with van der Waals surface area (Å²) < 4.78 is 5.65. The molecule has 110 valence electrons. The number of hydrogen-bond acceptors (Lipinski definition) is 5. The van der Waals surface area contributed by atoms with Crippen LogP contribution < -0.4 is 5.32 Å². The Morgan fingerprint density at radius 3 is 2.80 bits per heavy atom. The van der Waals surface area contributed by atoms with E-state index in [0.29, 0.717) is 11.3 Å². The Hall–Kier alpha value is -0.990. The van der Waals surface area contributed by atoms with Crippen LogP contribution in [-0.2, 0) is 0 Å². The lowest BCUT2D eigenvalue weighted by molar-refractivity contribution is 0.283. The normalized spacial score (nSPS) is 26.7. The number of thioether (sulfide) groups is 1. The highest BCUT2D eigenvalue weighted by Crippen LogP contribution is 2.38. The number of nitriles is 1. The van der Waals surface area contributed by atoms with E-state index in [0.717, 1.165) is 42.4 Å². The molecule has 0 aromatic carbocycles. The van der Waals surface area contributed by atoms with Crippen molar-refractivity contribution >= 4 is 11.8 Å². The van der Waals surface area contributed by atoms with Gasteiger partial charge in [0.15, 0.2) is 0 Å². The van der Waals surface area contributed by atoms with E-state index < -0.39 is 0 Å². The highest BCUT2D eigenvalue weighted by molar-refractivity contribution is 7.99. The van der Waals surface area contributed by atoms with Gasteiger partial charge in [-0.2, -0.15) is 5.26 Å². The summed E-state index contributed by atoms with van der Waals surface area (Å²) in [5.41, 5.74) is 0.566. The van der Waals surface area contributed by atoms with Gasteiger partial charge in [-0.15, -0.1) is 0 Å². The number of aryl methyl sites for hydroxylation is 2. The van der Waals surface area contributed by atoms with E-state index in [1.807, 2.05) is 13.8 Å². The van der Waals surface area contributed by atoms with Gasteiger partial charge in [-0.1, -0.05) is 11.8 Å². The predicted octanol–water partition coefficient (Wildman–Crippen LogP) is 3.59. The minimum absolute atomic E-state index is 0.324. The Kier molecular flexibility index (Phi) is 4.77. The second kappa shape index (κ2) is 6.19. The van der Waals surface area contributed by atoms with Crippen LogP contribution in [0.1, 0.15) is 51.0 Å². The van der Waals surface area contributed by atoms with E-state index >= 15 is 0 Å². The van der Waals surface area contributed by atoms with Crippen LogP contribution in [0, 0.1) is 25.2 Å². The maximum atomic E-state index is 9.56. The van der Waals surface area contributed by atoms with Gasteiger partial charge in [-0.05, 0) is 53.4 Å². The minimum atomic E-state index is -0.388. The first-order valence-corrected chi connectivity index (χ1v) is 8.12. The molecule has 4 nitrogen and oxygen atoms in total. The molecule has 1 heterocycles. The van der Waals surface area contributed by atoms with Crippen LogP contribution in [0.5, 0.6) is 0 Å². The summed E-state index contributed by atoms with van der Waals surface area (Å²) >= 11 is 1.68. The predicted molar refractivity (Wildman–Crippen MR) is 80.7 cm³/mol. The maximum absolute atomic E-state index is 9.56. The third-order valence-electron chi connectivity index (χ3n) is 3.76. The molecule has 0 aliphatic heterocycles. The molecular formula is C15H23N3OS. The maximum Gasteiger partial charge on any atom is 0.256 e. The minimum Gasteiger partial charge on any atom is -0.437 e. The molecule has 1 aliphatic carbocycles. The highest BCUT2D eigenvalue weighted by atomic mass is 32.2. The average Bonchev–Trinajstić information content (AvgIpc) is 2.67. The van der Waals surface area contributed by atoms with Gasteiger partial charge < -0.3 is 4.42 Å². The topological polar surface area (TPSA) is 61.9 Å². The van der Waals surface area contributed by atoms with Crippen molar-refractivity contribution in [2.45, 2.75) is 75.4 Å². The smallest absolute Gasteiger partial charge is 0.256 e. The van der Waals surface area contributed by atoms with Gasteiger partial charge in [0.25, 0.3) is 5.22 Å². The molecule has 0 saturated heterocycles. The zero-order chi connectivity index (χ0) is 14.8. The Morgan fingerprint density at radius 2 is 2.25 bits per heavy atom. The van der Waals surface area contributed by atoms with Crippen molar-refractivity contribution in [1.29, 1.82) is 5.26 Å². The van der Waals surface area contributed by atoms with Crippen molar-refractivity contribution in [1.82, 2.24) is 10.3 Å². The van der Waals surface area contributed by atoms with Gasteiger partial charge >= 0.3 is 0 Å². The molecule has 0 bridgehead atoms. The van der Waals surface area contributed by atoms with Crippen molar-refractivity contribution < 1.29 is 4.42 Å². The molecule has 2 unspecified atom stereocenters. The highest BCUT2D eigenvalue weighted by Gasteiger charge is 2.37. The molecular weight excluding hydrogens is 270 g/mol. The lowest BCUT2D eigenvalue weighted by atomic mass is 9.82. The first kappa shape index (κ1) is 15.4. The molecule has 1 fully saturated rings. The summed E-state index contributed by atoms with van der Waals surface area (Å²) in [7, 11) is 0. The Bertz CT molecular complexity index is 486. The molecule has 1 N–H and O–H groups in total. The zero-order valence-electron chi connectivity index (χ0n) is 12.7. The summed E-state index contributed by atoms with van der Waals surface area (Å²) in [5.74, 6) is 0.884. The quantitative estimate of drug-likeness (QED) is 0.919. The van der Waals surface area contributed by atoms with Crippen LogP contribution >= 0.6 is 11.8 Å². The van der Waals surface area contributed by atoms with Crippen LogP contribution in [0.2, 0.25) is 0 Å². The van der Waals surface area contributed by atoms with Gasteiger partial charge in [-0.3, -0.25) is 5.32 Å². The second-order valence-corrected chi connectivity index (χ2v) is 7.20. The van der Waals surface area contributed by atoms with Crippen LogP contribution in [-0.4, -0.2) is 21.8 Å². The SMILES string of the molecule is Cc1nc(SC2CCCC(C#N)(NC(C)C)C2)oc1C. The lowest BCUT2D eigenvalue weighted by Gasteiger charge is -2.37. The molecule has 1 saturated carbocycles. The van der Waals surface area contributed by atoms with E-state index in [-0.39, 0.29) is 5.54 Å². The Balaban J connectivity index is 2.04. The van der Waals surface area contributed by atoms with Crippen molar-refractivity contribution in [3.05, 3.63) is 11.5 Å². The van der Waals surface area contributed by atoms with Crippen molar-refractivity contribution in [2.24, 2.45) is 0 Å². The molecule has 1 aromatic heterocycles. The van der Waals surface area contributed by atoms with Crippen LogP contribution in [0.3, 0.4) is 0 Å². The van der Waals surface area contributed by atoms with Crippen LogP contribution in [0.25, 0.3) is 0 Å². The van der Waals surface area contributed by atoms with E-state index in [4.69, 9.17) is 4.42 Å². The third kappa shape index (κ3) is 3.56. The zero-order valence-corrected chi connectivity index (χ0v) is 13.5.